The Hall–Kier alpha value is -2.57. The van der Waals surface area contributed by atoms with E-state index in [0.717, 1.165) is 0 Å². The van der Waals surface area contributed by atoms with Crippen molar-refractivity contribution < 1.29 is 18.7 Å². The van der Waals surface area contributed by atoms with Gasteiger partial charge >= 0.3 is 0 Å². The van der Waals surface area contributed by atoms with Gasteiger partial charge in [0.2, 0.25) is 0 Å². The summed E-state index contributed by atoms with van der Waals surface area (Å²) in [7, 11) is 0. The normalized spacial score (nSPS) is 10.5. The van der Waals surface area contributed by atoms with Crippen LogP contribution in [0.4, 0.5) is 4.39 Å². The second-order valence-electron chi connectivity index (χ2n) is 4.73. The van der Waals surface area contributed by atoms with Crippen molar-refractivity contribution in [3.63, 3.8) is 0 Å². The Labute approximate surface area is 153 Å². The summed E-state index contributed by atoms with van der Waals surface area (Å²) in [5.41, 5.74) is 4.85. The first-order chi connectivity index (χ1) is 12.0. The lowest BCUT2D eigenvalue weighted by Gasteiger charge is -2.08. The molecular weight excluding hydrogens is 370 g/mol. The maximum Gasteiger partial charge on any atom is 0.276 e. The molecule has 130 valence electrons. The molecule has 2 aromatic carbocycles. The van der Waals surface area contributed by atoms with E-state index in [1.807, 2.05) is 0 Å². The number of para-hydroxylation sites is 1. The zero-order valence-electron chi connectivity index (χ0n) is 12.8. The van der Waals surface area contributed by atoms with Crippen molar-refractivity contribution in [3.05, 3.63) is 70.0 Å². The van der Waals surface area contributed by atoms with Gasteiger partial charge in [-0.3, -0.25) is 20.4 Å². The van der Waals surface area contributed by atoms with E-state index in [2.05, 4.69) is 10.9 Å². The summed E-state index contributed by atoms with van der Waals surface area (Å²) in [6.45, 7) is -0.453. The van der Waals surface area contributed by atoms with Crippen LogP contribution in [-0.2, 0) is 9.59 Å². The summed E-state index contributed by atoms with van der Waals surface area (Å²) in [5, 5.41) is 0.679. The largest absolute Gasteiger partial charge is 0.481 e. The van der Waals surface area contributed by atoms with Gasteiger partial charge in [-0.05, 0) is 29.8 Å². The van der Waals surface area contributed by atoms with Crippen molar-refractivity contribution >= 4 is 41.1 Å². The number of carbonyl (C=O) groups is 2. The van der Waals surface area contributed by atoms with Gasteiger partial charge in [0.15, 0.2) is 18.2 Å². The Kier molecular flexibility index (Phi) is 6.80. The third-order valence-electron chi connectivity index (χ3n) is 2.92. The molecule has 0 aromatic heterocycles. The number of hydrogen-bond donors (Lipinski definition) is 2. The third kappa shape index (κ3) is 5.77. The van der Waals surface area contributed by atoms with E-state index in [1.54, 1.807) is 24.3 Å². The van der Waals surface area contributed by atoms with E-state index < -0.39 is 24.2 Å². The van der Waals surface area contributed by atoms with Crippen molar-refractivity contribution in [2.75, 3.05) is 6.61 Å². The van der Waals surface area contributed by atoms with E-state index in [0.29, 0.717) is 15.6 Å². The standard InChI is InChI=1S/C17H13Cl2FN2O3/c18-12-5-3-4-11(17(12)19)8-9-15(23)21-22-16(24)10-25-14-7-2-1-6-13(14)20/h1-9H,10H2,(H,21,23)(H,22,24)/b9-8+. The quantitative estimate of drug-likeness (QED) is 0.615. The minimum Gasteiger partial charge on any atom is -0.481 e. The Balaban J connectivity index is 1.79. The van der Waals surface area contributed by atoms with Crippen LogP contribution in [0.2, 0.25) is 10.0 Å². The van der Waals surface area contributed by atoms with E-state index >= 15 is 0 Å². The van der Waals surface area contributed by atoms with Gasteiger partial charge in [0.25, 0.3) is 11.8 Å². The lowest BCUT2D eigenvalue weighted by atomic mass is 10.2. The van der Waals surface area contributed by atoms with Crippen LogP contribution in [0.15, 0.2) is 48.5 Å². The molecule has 0 spiro atoms. The number of nitrogens with one attached hydrogen (secondary N) is 2. The van der Waals surface area contributed by atoms with Crippen molar-refractivity contribution in [3.8, 4) is 5.75 Å². The van der Waals surface area contributed by atoms with Crippen LogP contribution >= 0.6 is 23.2 Å². The highest BCUT2D eigenvalue weighted by molar-refractivity contribution is 6.42. The van der Waals surface area contributed by atoms with E-state index in [1.165, 1.54) is 30.4 Å². The fourth-order valence-corrected chi connectivity index (χ4v) is 2.10. The first-order valence-electron chi connectivity index (χ1n) is 7.05. The van der Waals surface area contributed by atoms with Crippen LogP contribution in [0.25, 0.3) is 6.08 Å². The minimum atomic E-state index is -0.647. The van der Waals surface area contributed by atoms with Gasteiger partial charge in [0.1, 0.15) is 0 Å². The Morgan fingerprint density at radius 3 is 2.60 bits per heavy atom. The van der Waals surface area contributed by atoms with Crippen molar-refractivity contribution in [1.82, 2.24) is 10.9 Å². The van der Waals surface area contributed by atoms with Crippen LogP contribution in [0.5, 0.6) is 5.75 Å². The molecule has 0 heterocycles. The highest BCUT2D eigenvalue weighted by Gasteiger charge is 2.07. The number of hydrazine groups is 1. The van der Waals surface area contributed by atoms with Gasteiger partial charge in [-0.15, -0.1) is 0 Å². The smallest absolute Gasteiger partial charge is 0.276 e. The average Bonchev–Trinajstić information content (AvgIpc) is 2.60. The summed E-state index contributed by atoms with van der Waals surface area (Å²) in [6, 6.07) is 10.7. The maximum absolute atomic E-state index is 13.3. The summed E-state index contributed by atoms with van der Waals surface area (Å²) in [4.78, 5) is 23.2. The van der Waals surface area contributed by atoms with Gasteiger partial charge in [0.05, 0.1) is 10.0 Å². The number of ether oxygens (including phenoxy) is 1. The number of carbonyl (C=O) groups excluding carboxylic acids is 2. The summed E-state index contributed by atoms with van der Waals surface area (Å²) in [6.07, 6.45) is 2.63. The molecule has 0 unspecified atom stereocenters. The number of halogens is 3. The second-order valence-corrected chi connectivity index (χ2v) is 5.52. The molecular formula is C17H13Cl2FN2O3. The summed E-state index contributed by atoms with van der Waals surface area (Å²) >= 11 is 11.8. The minimum absolute atomic E-state index is 0.0560. The zero-order valence-corrected chi connectivity index (χ0v) is 14.3. The Bertz CT molecular complexity index is 812. The summed E-state index contributed by atoms with van der Waals surface area (Å²) in [5.74, 6) is -1.87. The molecule has 0 radical (unpaired) electrons. The van der Waals surface area contributed by atoms with Gasteiger partial charge in [0, 0.05) is 6.08 Å². The maximum atomic E-state index is 13.3. The molecule has 0 aliphatic carbocycles. The van der Waals surface area contributed by atoms with E-state index in [4.69, 9.17) is 27.9 Å². The molecule has 0 bridgehead atoms. The van der Waals surface area contributed by atoms with E-state index in [9.17, 15) is 14.0 Å². The highest BCUT2D eigenvalue weighted by Crippen LogP contribution is 2.26. The van der Waals surface area contributed by atoms with Crippen LogP contribution < -0.4 is 15.6 Å². The van der Waals surface area contributed by atoms with Gasteiger partial charge < -0.3 is 4.74 Å². The first-order valence-corrected chi connectivity index (χ1v) is 7.81. The molecule has 5 nitrogen and oxygen atoms in total. The number of hydrogen-bond acceptors (Lipinski definition) is 3. The van der Waals surface area contributed by atoms with Crippen LogP contribution in [0.3, 0.4) is 0 Å². The molecule has 0 saturated heterocycles. The van der Waals surface area contributed by atoms with E-state index in [-0.39, 0.29) is 5.75 Å². The molecule has 25 heavy (non-hydrogen) atoms. The molecule has 0 saturated carbocycles. The van der Waals surface area contributed by atoms with Crippen molar-refractivity contribution in [2.24, 2.45) is 0 Å². The predicted octanol–water partition coefficient (Wildman–Crippen LogP) is 3.37. The van der Waals surface area contributed by atoms with Gasteiger partial charge in [-0.25, -0.2) is 4.39 Å². The van der Waals surface area contributed by atoms with Gasteiger partial charge in [-0.2, -0.15) is 0 Å². The molecule has 2 aromatic rings. The molecule has 2 N–H and O–H groups in total. The summed E-state index contributed by atoms with van der Waals surface area (Å²) < 4.78 is 18.3. The number of benzene rings is 2. The third-order valence-corrected chi connectivity index (χ3v) is 3.75. The monoisotopic (exact) mass is 382 g/mol. The first kappa shape index (κ1) is 18.8. The Morgan fingerprint density at radius 1 is 1.08 bits per heavy atom. The average molecular weight is 383 g/mol. The second kappa shape index (κ2) is 9.05. The molecule has 0 aliphatic heterocycles. The van der Waals surface area contributed by atoms with Crippen LogP contribution in [0.1, 0.15) is 5.56 Å². The SMILES string of the molecule is O=C(/C=C/c1cccc(Cl)c1Cl)NNC(=O)COc1ccccc1F. The van der Waals surface area contributed by atoms with Crippen molar-refractivity contribution in [1.29, 1.82) is 0 Å². The molecule has 2 rings (SSSR count). The van der Waals surface area contributed by atoms with Gasteiger partial charge in [-0.1, -0.05) is 47.5 Å². The molecule has 0 fully saturated rings. The predicted molar refractivity (Wildman–Crippen MR) is 93.7 cm³/mol. The van der Waals surface area contributed by atoms with Crippen LogP contribution in [-0.4, -0.2) is 18.4 Å². The molecule has 0 atom stereocenters. The molecule has 2 amide bonds. The molecule has 8 heteroatoms. The highest BCUT2D eigenvalue weighted by atomic mass is 35.5. The number of amides is 2. The zero-order chi connectivity index (χ0) is 18.2. The molecule has 0 aliphatic rings. The fourth-order valence-electron chi connectivity index (χ4n) is 1.73. The lowest BCUT2D eigenvalue weighted by Crippen LogP contribution is -2.43. The topological polar surface area (TPSA) is 67.4 Å². The lowest BCUT2D eigenvalue weighted by molar-refractivity contribution is -0.128. The van der Waals surface area contributed by atoms with Crippen LogP contribution in [0, 0.1) is 5.82 Å². The fraction of sp³-hybridized carbons (Fsp3) is 0.0588. The van der Waals surface area contributed by atoms with Crippen molar-refractivity contribution in [2.45, 2.75) is 0 Å². The Morgan fingerprint density at radius 2 is 1.84 bits per heavy atom. The number of rotatable bonds is 5.